The van der Waals surface area contributed by atoms with Gasteiger partial charge in [0.05, 0.1) is 0 Å². The number of nitrogens with zero attached hydrogens (tertiary/aromatic N) is 2. The van der Waals surface area contributed by atoms with Gasteiger partial charge in [-0.25, -0.2) is 4.98 Å². The lowest BCUT2D eigenvalue weighted by atomic mass is 10.2. The van der Waals surface area contributed by atoms with Crippen molar-refractivity contribution < 1.29 is 22.4 Å². The first-order chi connectivity index (χ1) is 8.38. The van der Waals surface area contributed by atoms with Crippen molar-refractivity contribution in [2.24, 2.45) is 0 Å². The van der Waals surface area contributed by atoms with Crippen molar-refractivity contribution in [3.05, 3.63) is 30.2 Å². The van der Waals surface area contributed by atoms with Gasteiger partial charge in [-0.1, -0.05) is 6.07 Å². The molecule has 0 N–H and O–H groups in total. The summed E-state index contributed by atoms with van der Waals surface area (Å²) in [7, 11) is 1.10. The number of hydrogen-bond donors (Lipinski definition) is 0. The van der Waals surface area contributed by atoms with E-state index in [1.54, 1.807) is 18.2 Å². The molecule has 0 unspecified atom stereocenters. The quantitative estimate of drug-likeness (QED) is 0.830. The molecule has 1 aromatic heterocycles. The molecule has 0 fully saturated rings. The van der Waals surface area contributed by atoms with Crippen LogP contribution in [0.5, 0.6) is 0 Å². The molecule has 0 saturated carbocycles. The number of hydrogen-bond acceptors (Lipinski definition) is 3. The molecule has 2 rings (SSSR count). The molecule has 18 heavy (non-hydrogen) atoms. The van der Waals surface area contributed by atoms with Crippen LogP contribution in [0.15, 0.2) is 29.0 Å². The third kappa shape index (κ3) is 2.44. The lowest BCUT2D eigenvalue weighted by molar-refractivity contribution is -0.184. The minimum Gasteiger partial charge on any atom is -0.443 e. The Bertz CT molecular complexity index is 577. The zero-order valence-corrected chi connectivity index (χ0v) is 9.36. The van der Waals surface area contributed by atoms with Gasteiger partial charge in [-0.15, -0.1) is 0 Å². The first-order valence-electron chi connectivity index (χ1n) is 5.02. The van der Waals surface area contributed by atoms with Gasteiger partial charge in [-0.3, -0.25) is 4.79 Å². The molecule has 96 valence electrons. The average Bonchev–Trinajstić information content (AvgIpc) is 2.73. The number of oxazole rings is 1. The second kappa shape index (κ2) is 4.32. The van der Waals surface area contributed by atoms with Crippen molar-refractivity contribution in [2.45, 2.75) is 12.7 Å². The van der Waals surface area contributed by atoms with Gasteiger partial charge >= 0.3 is 12.1 Å². The van der Waals surface area contributed by atoms with Gasteiger partial charge < -0.3 is 9.32 Å². The molecule has 2 aromatic rings. The fourth-order valence-electron chi connectivity index (χ4n) is 1.56. The Morgan fingerprint density at radius 2 is 2.17 bits per heavy atom. The molecule has 0 atom stereocenters. The predicted octanol–water partition coefficient (Wildman–Crippen LogP) is 2.35. The molecule has 1 heterocycles. The molecular formula is C11H9F3N2O2. The maximum atomic E-state index is 12.2. The van der Waals surface area contributed by atoms with Gasteiger partial charge in [0.15, 0.2) is 12.0 Å². The van der Waals surface area contributed by atoms with Crippen LogP contribution in [0.3, 0.4) is 0 Å². The predicted molar refractivity (Wildman–Crippen MR) is 56.5 cm³/mol. The molecule has 0 radical (unpaired) electrons. The molecule has 0 aliphatic heterocycles. The van der Waals surface area contributed by atoms with Crippen LogP contribution >= 0.6 is 0 Å². The van der Waals surface area contributed by atoms with E-state index < -0.39 is 12.1 Å². The third-order valence-electron chi connectivity index (χ3n) is 2.40. The summed E-state index contributed by atoms with van der Waals surface area (Å²) in [6, 6.07) is 4.79. The number of benzene rings is 1. The van der Waals surface area contributed by atoms with E-state index in [4.69, 9.17) is 4.42 Å². The second-order valence-corrected chi connectivity index (χ2v) is 3.81. The topological polar surface area (TPSA) is 46.3 Å². The summed E-state index contributed by atoms with van der Waals surface area (Å²) in [6.07, 6.45) is -3.61. The third-order valence-corrected chi connectivity index (χ3v) is 2.40. The number of rotatable bonds is 2. The number of amides is 1. The van der Waals surface area contributed by atoms with E-state index in [1.165, 1.54) is 6.39 Å². The molecule has 0 aliphatic carbocycles. The highest BCUT2D eigenvalue weighted by Crippen LogP contribution is 2.20. The van der Waals surface area contributed by atoms with Gasteiger partial charge in [0.2, 0.25) is 0 Å². The van der Waals surface area contributed by atoms with E-state index in [9.17, 15) is 18.0 Å². The van der Waals surface area contributed by atoms with Crippen LogP contribution in [-0.2, 0) is 11.3 Å². The number of aromatic nitrogens is 1. The zero-order chi connectivity index (χ0) is 13.3. The van der Waals surface area contributed by atoms with Gasteiger partial charge in [0, 0.05) is 13.6 Å². The maximum absolute atomic E-state index is 12.2. The maximum Gasteiger partial charge on any atom is 0.471 e. The van der Waals surface area contributed by atoms with Crippen LogP contribution in [0.4, 0.5) is 13.2 Å². The van der Waals surface area contributed by atoms with E-state index >= 15 is 0 Å². The largest absolute Gasteiger partial charge is 0.471 e. The van der Waals surface area contributed by atoms with Crippen molar-refractivity contribution in [1.29, 1.82) is 0 Å². The van der Waals surface area contributed by atoms with E-state index in [0.717, 1.165) is 7.05 Å². The van der Waals surface area contributed by atoms with Crippen LogP contribution < -0.4 is 0 Å². The van der Waals surface area contributed by atoms with E-state index in [-0.39, 0.29) is 6.54 Å². The molecular weight excluding hydrogens is 249 g/mol. The van der Waals surface area contributed by atoms with Crippen molar-refractivity contribution in [3.8, 4) is 0 Å². The monoisotopic (exact) mass is 258 g/mol. The van der Waals surface area contributed by atoms with Crippen LogP contribution in [-0.4, -0.2) is 29.0 Å². The molecule has 1 amide bonds. The molecule has 7 heteroatoms. The summed E-state index contributed by atoms with van der Waals surface area (Å²) in [5, 5.41) is 0. The molecule has 0 aliphatic rings. The summed E-state index contributed by atoms with van der Waals surface area (Å²) in [5.74, 6) is -1.87. The van der Waals surface area contributed by atoms with Crippen LogP contribution in [0.1, 0.15) is 5.56 Å². The van der Waals surface area contributed by atoms with Gasteiger partial charge in [-0.05, 0) is 17.7 Å². The van der Waals surface area contributed by atoms with Crippen LogP contribution in [0.2, 0.25) is 0 Å². The van der Waals surface area contributed by atoms with E-state index in [1.807, 2.05) is 0 Å². The summed E-state index contributed by atoms with van der Waals surface area (Å²) >= 11 is 0. The Morgan fingerprint density at radius 1 is 1.44 bits per heavy atom. The first kappa shape index (κ1) is 12.4. The normalized spacial score (nSPS) is 11.8. The van der Waals surface area contributed by atoms with Gasteiger partial charge in [-0.2, -0.15) is 13.2 Å². The van der Waals surface area contributed by atoms with E-state index in [2.05, 4.69) is 4.98 Å². The Balaban J connectivity index is 2.15. The Hall–Kier alpha value is -2.05. The zero-order valence-electron chi connectivity index (χ0n) is 9.36. The summed E-state index contributed by atoms with van der Waals surface area (Å²) < 4.78 is 41.6. The Labute approximate surface area is 100 Å². The molecule has 1 aromatic carbocycles. The van der Waals surface area contributed by atoms with Crippen molar-refractivity contribution >= 4 is 17.0 Å². The first-order valence-corrected chi connectivity index (χ1v) is 5.02. The molecule has 4 nitrogen and oxygen atoms in total. The minimum atomic E-state index is -4.86. The highest BCUT2D eigenvalue weighted by molar-refractivity contribution is 5.81. The van der Waals surface area contributed by atoms with Crippen molar-refractivity contribution in [3.63, 3.8) is 0 Å². The highest BCUT2D eigenvalue weighted by Gasteiger charge is 2.41. The number of halogens is 3. The SMILES string of the molecule is CN(Cc1ccc2ncoc2c1)C(=O)C(F)(F)F. The summed E-state index contributed by atoms with van der Waals surface area (Å²) in [5.41, 5.74) is 1.63. The van der Waals surface area contributed by atoms with Crippen LogP contribution in [0.25, 0.3) is 11.1 Å². The second-order valence-electron chi connectivity index (χ2n) is 3.81. The average molecular weight is 258 g/mol. The highest BCUT2D eigenvalue weighted by atomic mass is 19.4. The Kier molecular flexibility index (Phi) is 2.98. The van der Waals surface area contributed by atoms with Crippen molar-refractivity contribution in [2.75, 3.05) is 7.05 Å². The van der Waals surface area contributed by atoms with Gasteiger partial charge in [0.1, 0.15) is 5.52 Å². The molecule has 0 spiro atoms. The lowest BCUT2D eigenvalue weighted by Crippen LogP contribution is -2.37. The van der Waals surface area contributed by atoms with E-state index in [0.29, 0.717) is 21.6 Å². The number of carbonyl (C=O) groups excluding carboxylic acids is 1. The summed E-state index contributed by atoms with van der Waals surface area (Å²) in [4.78, 5) is 15.4. The summed E-state index contributed by atoms with van der Waals surface area (Å²) in [6.45, 7) is -0.144. The standard InChI is InChI=1S/C11H9F3N2O2/c1-16(10(17)11(12,13)14)5-7-2-3-8-9(4-7)18-6-15-8/h2-4,6H,5H2,1H3. The smallest absolute Gasteiger partial charge is 0.443 e. The van der Waals surface area contributed by atoms with Crippen LogP contribution in [0, 0.1) is 0 Å². The number of alkyl halides is 3. The van der Waals surface area contributed by atoms with Crippen molar-refractivity contribution in [1.82, 2.24) is 9.88 Å². The lowest BCUT2D eigenvalue weighted by Gasteiger charge is -2.18. The number of carbonyl (C=O) groups is 1. The fourth-order valence-corrected chi connectivity index (χ4v) is 1.56. The molecule has 0 saturated heterocycles. The molecule has 0 bridgehead atoms. The minimum absolute atomic E-state index is 0.144. The fraction of sp³-hybridized carbons (Fsp3) is 0.273. The number of fused-ring (bicyclic) bond motifs is 1. The Morgan fingerprint density at radius 3 is 2.83 bits per heavy atom. The van der Waals surface area contributed by atoms with Gasteiger partial charge in [0.25, 0.3) is 0 Å².